The third kappa shape index (κ3) is 4.73. The van der Waals surface area contributed by atoms with Crippen LogP contribution in [0.1, 0.15) is 11.1 Å². The molecule has 0 bridgehead atoms. The Hall–Kier alpha value is -2.11. The highest BCUT2D eigenvalue weighted by Gasteiger charge is 2.00. The third-order valence-electron chi connectivity index (χ3n) is 2.82. The van der Waals surface area contributed by atoms with Gasteiger partial charge in [-0.3, -0.25) is 0 Å². The van der Waals surface area contributed by atoms with Crippen LogP contribution in [0.2, 0.25) is 0 Å². The minimum atomic E-state index is -0.000505. The lowest BCUT2D eigenvalue weighted by Crippen LogP contribution is -2.11. The number of hydrogen-bond acceptors (Lipinski definition) is 4. The van der Waals surface area contributed by atoms with Crippen LogP contribution >= 0.6 is 12.2 Å². The first-order valence-corrected chi connectivity index (χ1v) is 6.95. The third-order valence-corrected chi connectivity index (χ3v) is 3.06. The molecule has 5 heteroatoms. The van der Waals surface area contributed by atoms with Crippen molar-refractivity contribution in [3.8, 4) is 11.5 Å². The SMILES string of the molecule is NC(=S)c1cccc(OCCOc2cccc(CO)c2)c1. The maximum Gasteiger partial charge on any atom is 0.122 e. The van der Waals surface area contributed by atoms with Gasteiger partial charge >= 0.3 is 0 Å². The monoisotopic (exact) mass is 303 g/mol. The largest absolute Gasteiger partial charge is 0.490 e. The summed E-state index contributed by atoms with van der Waals surface area (Å²) < 4.78 is 11.1. The van der Waals surface area contributed by atoms with Gasteiger partial charge in [-0.05, 0) is 29.8 Å². The van der Waals surface area contributed by atoms with E-state index in [1.165, 1.54) is 0 Å². The van der Waals surface area contributed by atoms with Gasteiger partial charge in [-0.2, -0.15) is 0 Å². The zero-order chi connectivity index (χ0) is 15.1. The zero-order valence-electron chi connectivity index (χ0n) is 11.5. The molecule has 2 aromatic carbocycles. The lowest BCUT2D eigenvalue weighted by molar-refractivity contribution is 0.216. The molecule has 0 radical (unpaired) electrons. The summed E-state index contributed by atoms with van der Waals surface area (Å²) in [6.07, 6.45) is 0. The van der Waals surface area contributed by atoms with Crippen LogP contribution in [0.3, 0.4) is 0 Å². The Morgan fingerprint density at radius 3 is 2.24 bits per heavy atom. The van der Waals surface area contributed by atoms with E-state index in [2.05, 4.69) is 0 Å². The molecular weight excluding hydrogens is 286 g/mol. The van der Waals surface area contributed by atoms with Crippen molar-refractivity contribution in [2.45, 2.75) is 6.61 Å². The fourth-order valence-electron chi connectivity index (χ4n) is 1.79. The van der Waals surface area contributed by atoms with E-state index >= 15 is 0 Å². The van der Waals surface area contributed by atoms with Crippen molar-refractivity contribution < 1.29 is 14.6 Å². The van der Waals surface area contributed by atoms with Gasteiger partial charge in [-0.15, -0.1) is 0 Å². The van der Waals surface area contributed by atoms with Gasteiger partial charge in [0.1, 0.15) is 29.7 Å². The number of benzene rings is 2. The number of hydrogen-bond donors (Lipinski definition) is 2. The van der Waals surface area contributed by atoms with E-state index in [0.717, 1.165) is 11.1 Å². The van der Waals surface area contributed by atoms with E-state index in [0.29, 0.717) is 29.7 Å². The van der Waals surface area contributed by atoms with Crippen molar-refractivity contribution in [2.24, 2.45) is 5.73 Å². The molecule has 0 fully saturated rings. The van der Waals surface area contributed by atoms with Gasteiger partial charge in [0, 0.05) is 5.56 Å². The second-order valence-electron chi connectivity index (χ2n) is 4.39. The van der Waals surface area contributed by atoms with Gasteiger partial charge in [0.2, 0.25) is 0 Å². The van der Waals surface area contributed by atoms with Crippen molar-refractivity contribution >= 4 is 17.2 Å². The van der Waals surface area contributed by atoms with Crippen molar-refractivity contribution in [3.05, 3.63) is 59.7 Å². The van der Waals surface area contributed by atoms with Crippen LogP contribution in [0.4, 0.5) is 0 Å². The summed E-state index contributed by atoms with van der Waals surface area (Å²) in [6, 6.07) is 14.6. The van der Waals surface area contributed by atoms with E-state index in [1.807, 2.05) is 36.4 Å². The molecule has 0 saturated carbocycles. The molecule has 0 spiro atoms. The average Bonchev–Trinajstić information content (AvgIpc) is 2.52. The summed E-state index contributed by atoms with van der Waals surface area (Å²) in [7, 11) is 0. The first-order valence-electron chi connectivity index (χ1n) is 6.54. The minimum absolute atomic E-state index is 0.000505. The number of thiocarbonyl (C=S) groups is 1. The number of rotatable bonds is 7. The van der Waals surface area contributed by atoms with Gasteiger partial charge in [0.25, 0.3) is 0 Å². The van der Waals surface area contributed by atoms with E-state index in [9.17, 15) is 0 Å². The second kappa shape index (κ2) is 7.61. The molecule has 0 saturated heterocycles. The van der Waals surface area contributed by atoms with Gasteiger partial charge < -0.3 is 20.3 Å². The van der Waals surface area contributed by atoms with Gasteiger partial charge in [-0.1, -0.05) is 36.5 Å². The Morgan fingerprint density at radius 2 is 1.62 bits per heavy atom. The highest BCUT2D eigenvalue weighted by Crippen LogP contribution is 2.15. The molecule has 2 aromatic rings. The van der Waals surface area contributed by atoms with Crippen LogP contribution < -0.4 is 15.2 Å². The van der Waals surface area contributed by atoms with Gasteiger partial charge in [0.15, 0.2) is 0 Å². The fourth-order valence-corrected chi connectivity index (χ4v) is 1.92. The van der Waals surface area contributed by atoms with E-state index in [-0.39, 0.29) is 6.61 Å². The van der Waals surface area contributed by atoms with Crippen molar-refractivity contribution in [2.75, 3.05) is 13.2 Å². The van der Waals surface area contributed by atoms with Crippen molar-refractivity contribution in [3.63, 3.8) is 0 Å². The normalized spacial score (nSPS) is 10.1. The van der Waals surface area contributed by atoms with Crippen LogP contribution in [0.15, 0.2) is 48.5 Å². The highest BCUT2D eigenvalue weighted by molar-refractivity contribution is 7.80. The summed E-state index contributed by atoms with van der Waals surface area (Å²) in [5, 5.41) is 9.05. The van der Waals surface area contributed by atoms with Crippen molar-refractivity contribution in [1.29, 1.82) is 0 Å². The molecule has 2 rings (SSSR count). The zero-order valence-corrected chi connectivity index (χ0v) is 12.3. The van der Waals surface area contributed by atoms with Crippen molar-refractivity contribution in [1.82, 2.24) is 0 Å². The van der Waals surface area contributed by atoms with E-state index in [1.54, 1.807) is 12.1 Å². The predicted octanol–water partition coefficient (Wildman–Crippen LogP) is 2.27. The Morgan fingerprint density at radius 1 is 1.00 bits per heavy atom. The summed E-state index contributed by atoms with van der Waals surface area (Å²) in [4.78, 5) is 0.345. The van der Waals surface area contributed by atoms with Crippen LogP contribution in [-0.2, 0) is 6.61 Å². The summed E-state index contributed by atoms with van der Waals surface area (Å²) >= 11 is 4.92. The number of aliphatic hydroxyl groups is 1. The first kappa shape index (κ1) is 15.3. The standard InChI is InChI=1S/C16H17NO3S/c17-16(21)13-4-2-6-15(10-13)20-8-7-19-14-5-1-3-12(9-14)11-18/h1-6,9-10,18H,7-8,11H2,(H2,17,21). The number of aliphatic hydroxyl groups excluding tert-OH is 1. The number of nitrogens with two attached hydrogens (primary N) is 1. The first-order chi connectivity index (χ1) is 10.2. The van der Waals surface area contributed by atoms with Crippen LogP contribution in [0, 0.1) is 0 Å². The maximum absolute atomic E-state index is 9.05. The summed E-state index contributed by atoms with van der Waals surface area (Å²) in [5.41, 5.74) is 7.17. The van der Waals surface area contributed by atoms with Crippen LogP contribution in [0.5, 0.6) is 11.5 Å². The molecule has 3 N–H and O–H groups in total. The van der Waals surface area contributed by atoms with E-state index in [4.69, 9.17) is 32.5 Å². The van der Waals surface area contributed by atoms with Gasteiger partial charge in [-0.25, -0.2) is 0 Å². The molecule has 4 nitrogen and oxygen atoms in total. The highest BCUT2D eigenvalue weighted by atomic mass is 32.1. The van der Waals surface area contributed by atoms with Crippen LogP contribution in [-0.4, -0.2) is 23.3 Å². The molecule has 0 aliphatic rings. The molecule has 21 heavy (non-hydrogen) atoms. The molecule has 0 aliphatic heterocycles. The molecule has 0 unspecified atom stereocenters. The smallest absolute Gasteiger partial charge is 0.122 e. The Bertz CT molecular complexity index is 616. The van der Waals surface area contributed by atoms with Gasteiger partial charge in [0.05, 0.1) is 6.61 Å². The topological polar surface area (TPSA) is 64.7 Å². The Balaban J connectivity index is 1.81. The molecule has 0 amide bonds. The average molecular weight is 303 g/mol. The maximum atomic E-state index is 9.05. The predicted molar refractivity (Wildman–Crippen MR) is 85.7 cm³/mol. The lowest BCUT2D eigenvalue weighted by Gasteiger charge is -2.10. The molecular formula is C16H17NO3S. The quantitative estimate of drug-likeness (QED) is 0.607. The minimum Gasteiger partial charge on any atom is -0.490 e. The molecule has 0 heterocycles. The lowest BCUT2D eigenvalue weighted by atomic mass is 10.2. The summed E-state index contributed by atoms with van der Waals surface area (Å²) in [5.74, 6) is 1.41. The number of ether oxygens (including phenoxy) is 2. The fraction of sp³-hybridized carbons (Fsp3) is 0.188. The van der Waals surface area contributed by atoms with Crippen LogP contribution in [0.25, 0.3) is 0 Å². The summed E-state index contributed by atoms with van der Waals surface area (Å²) in [6.45, 7) is 0.815. The Labute approximate surface area is 129 Å². The second-order valence-corrected chi connectivity index (χ2v) is 4.83. The van der Waals surface area contributed by atoms with E-state index < -0.39 is 0 Å². The molecule has 0 aromatic heterocycles. The molecule has 110 valence electrons. The molecule has 0 atom stereocenters. The molecule has 0 aliphatic carbocycles. The Kier molecular flexibility index (Phi) is 5.54.